The Balaban J connectivity index is 1.51. The van der Waals surface area contributed by atoms with E-state index < -0.39 is 0 Å². The van der Waals surface area contributed by atoms with Crippen molar-refractivity contribution in [3.05, 3.63) is 11.7 Å². The van der Waals surface area contributed by atoms with Crippen LogP contribution in [0.4, 0.5) is 0 Å². The van der Waals surface area contributed by atoms with Crippen LogP contribution >= 0.6 is 11.8 Å². The van der Waals surface area contributed by atoms with Crippen molar-refractivity contribution in [2.45, 2.75) is 12.1 Å². The van der Waals surface area contributed by atoms with Crippen molar-refractivity contribution >= 4 is 11.8 Å². The third-order valence-electron chi connectivity index (χ3n) is 4.25. The highest BCUT2D eigenvalue weighted by Gasteiger charge is 2.36. The lowest BCUT2D eigenvalue weighted by molar-refractivity contribution is 0.00781. The summed E-state index contributed by atoms with van der Waals surface area (Å²) < 4.78 is 5.48. The van der Waals surface area contributed by atoms with Gasteiger partial charge in [0.05, 0.1) is 12.1 Å². The maximum atomic E-state index is 5.48. The second-order valence-electron chi connectivity index (χ2n) is 5.42. The number of fused-ring (bicyclic) bond motifs is 3. The van der Waals surface area contributed by atoms with E-state index in [1.165, 1.54) is 18.8 Å². The van der Waals surface area contributed by atoms with Crippen molar-refractivity contribution < 1.29 is 4.52 Å². The van der Waals surface area contributed by atoms with Gasteiger partial charge in [-0.3, -0.25) is 9.80 Å². The quantitative estimate of drug-likeness (QED) is 0.826. The van der Waals surface area contributed by atoms with E-state index in [0.717, 1.165) is 43.6 Å². The van der Waals surface area contributed by atoms with Crippen molar-refractivity contribution in [3.8, 4) is 0 Å². The fraction of sp³-hybridized carbons (Fsp3) is 0.833. The first kappa shape index (κ1) is 12.1. The van der Waals surface area contributed by atoms with Crippen molar-refractivity contribution in [3.63, 3.8) is 0 Å². The molecule has 104 valence electrons. The standard InChI is InChI=1S/C12H19N5OS/c1-6-19-8-9(13-1)12-14-11(15-18-12)10-7-16-2-4-17(10)5-3-16/h9-10,13H,1-8H2. The Morgan fingerprint density at radius 1 is 1.26 bits per heavy atom. The third-order valence-corrected chi connectivity index (χ3v) is 5.32. The minimum absolute atomic E-state index is 0.232. The summed E-state index contributed by atoms with van der Waals surface area (Å²) in [4.78, 5) is 9.63. The fourth-order valence-corrected chi connectivity index (χ4v) is 4.04. The summed E-state index contributed by atoms with van der Waals surface area (Å²) in [6.45, 7) is 6.70. The molecule has 4 aliphatic rings. The van der Waals surface area contributed by atoms with Gasteiger partial charge < -0.3 is 9.84 Å². The van der Waals surface area contributed by atoms with Crippen LogP contribution in [0, 0.1) is 0 Å². The molecule has 4 fully saturated rings. The summed E-state index contributed by atoms with van der Waals surface area (Å²) in [5.41, 5.74) is 0. The van der Waals surface area contributed by atoms with Crippen LogP contribution in [0.25, 0.3) is 0 Å². The van der Waals surface area contributed by atoms with Crippen LogP contribution in [-0.2, 0) is 0 Å². The Bertz CT molecular complexity index is 439. The normalized spacial score (nSPS) is 38.5. The highest BCUT2D eigenvalue weighted by Crippen LogP contribution is 2.28. The van der Waals surface area contributed by atoms with Crippen LogP contribution in [0.1, 0.15) is 23.8 Å². The molecule has 1 aromatic heterocycles. The van der Waals surface area contributed by atoms with Crippen molar-refractivity contribution in [2.75, 3.05) is 50.8 Å². The Morgan fingerprint density at radius 3 is 2.84 bits per heavy atom. The first-order chi connectivity index (χ1) is 9.40. The van der Waals surface area contributed by atoms with Crippen LogP contribution in [-0.4, -0.2) is 70.7 Å². The zero-order chi connectivity index (χ0) is 12.7. The topological polar surface area (TPSA) is 57.4 Å². The minimum Gasteiger partial charge on any atom is -0.338 e. The van der Waals surface area contributed by atoms with E-state index >= 15 is 0 Å². The molecular weight excluding hydrogens is 262 g/mol. The third kappa shape index (κ3) is 2.29. The highest BCUT2D eigenvalue weighted by atomic mass is 32.2. The molecule has 5 heterocycles. The molecule has 7 heteroatoms. The van der Waals surface area contributed by atoms with Crippen LogP contribution < -0.4 is 5.32 Å². The molecule has 0 spiro atoms. The molecule has 0 saturated carbocycles. The van der Waals surface area contributed by atoms with E-state index in [1.54, 1.807) is 0 Å². The molecule has 4 saturated heterocycles. The average molecular weight is 281 g/mol. The van der Waals surface area contributed by atoms with Crippen LogP contribution in [0.15, 0.2) is 4.52 Å². The number of hydrogen-bond acceptors (Lipinski definition) is 7. The van der Waals surface area contributed by atoms with Gasteiger partial charge in [0.25, 0.3) is 0 Å². The van der Waals surface area contributed by atoms with Gasteiger partial charge in [0.1, 0.15) is 0 Å². The monoisotopic (exact) mass is 281 g/mol. The zero-order valence-corrected chi connectivity index (χ0v) is 11.7. The molecule has 0 amide bonds. The molecule has 5 rings (SSSR count). The van der Waals surface area contributed by atoms with Crippen LogP contribution in [0.3, 0.4) is 0 Å². The van der Waals surface area contributed by atoms with E-state index in [1.807, 2.05) is 11.8 Å². The van der Waals surface area contributed by atoms with Crippen LogP contribution in [0.2, 0.25) is 0 Å². The maximum Gasteiger partial charge on any atom is 0.244 e. The van der Waals surface area contributed by atoms with Crippen LogP contribution in [0.5, 0.6) is 0 Å². The number of thioether (sulfide) groups is 1. The van der Waals surface area contributed by atoms with E-state index in [2.05, 4.69) is 25.3 Å². The summed E-state index contributed by atoms with van der Waals surface area (Å²) in [6, 6.07) is 0.562. The summed E-state index contributed by atoms with van der Waals surface area (Å²) in [5.74, 6) is 3.84. The van der Waals surface area contributed by atoms with Crippen molar-refractivity contribution in [2.24, 2.45) is 0 Å². The summed E-state index contributed by atoms with van der Waals surface area (Å²) >= 11 is 1.95. The second-order valence-corrected chi connectivity index (χ2v) is 6.57. The number of piperazine rings is 3. The smallest absolute Gasteiger partial charge is 0.244 e. The summed E-state index contributed by atoms with van der Waals surface area (Å²) in [6.07, 6.45) is 0. The number of hydrogen-bond donors (Lipinski definition) is 1. The Kier molecular flexibility index (Phi) is 3.22. The SMILES string of the molecule is C1CSCC(c2nc(C3CN4CCN3CC4)no2)N1. The first-order valence-corrected chi connectivity index (χ1v) is 8.16. The fourth-order valence-electron chi connectivity index (χ4n) is 3.11. The number of nitrogens with one attached hydrogen (secondary N) is 1. The minimum atomic E-state index is 0.232. The molecule has 0 radical (unpaired) electrons. The van der Waals surface area contributed by atoms with Gasteiger partial charge in [0.15, 0.2) is 5.82 Å². The molecule has 0 aliphatic carbocycles. The predicted molar refractivity (Wildman–Crippen MR) is 73.1 cm³/mol. The van der Waals surface area contributed by atoms with Gasteiger partial charge in [-0.15, -0.1) is 0 Å². The molecule has 0 aromatic carbocycles. The van der Waals surface area contributed by atoms with Gasteiger partial charge >= 0.3 is 0 Å². The Morgan fingerprint density at radius 2 is 2.16 bits per heavy atom. The number of aromatic nitrogens is 2. The van der Waals surface area contributed by atoms with E-state index in [4.69, 9.17) is 4.52 Å². The molecule has 2 atom stereocenters. The van der Waals surface area contributed by atoms with E-state index in [-0.39, 0.29) is 6.04 Å². The number of rotatable bonds is 2. The molecular formula is C12H19N5OS. The molecule has 2 bridgehead atoms. The molecule has 1 N–H and O–H groups in total. The summed E-state index contributed by atoms with van der Waals surface area (Å²) in [7, 11) is 0. The number of nitrogens with zero attached hydrogens (tertiary/aromatic N) is 4. The van der Waals surface area contributed by atoms with Crippen molar-refractivity contribution in [1.82, 2.24) is 25.3 Å². The highest BCUT2D eigenvalue weighted by molar-refractivity contribution is 7.99. The van der Waals surface area contributed by atoms with Crippen molar-refractivity contribution in [1.29, 1.82) is 0 Å². The molecule has 6 nitrogen and oxygen atoms in total. The van der Waals surface area contributed by atoms with Gasteiger partial charge in [-0.25, -0.2) is 0 Å². The molecule has 2 unspecified atom stereocenters. The van der Waals surface area contributed by atoms with Gasteiger partial charge in [-0.1, -0.05) is 5.16 Å². The van der Waals surface area contributed by atoms with E-state index in [0.29, 0.717) is 6.04 Å². The molecule has 19 heavy (non-hydrogen) atoms. The lowest BCUT2D eigenvalue weighted by Crippen LogP contribution is -2.57. The Labute approximate surface area is 116 Å². The predicted octanol–water partition coefficient (Wildman–Crippen LogP) is 0.119. The molecule has 1 aromatic rings. The second kappa shape index (κ2) is 5.05. The summed E-state index contributed by atoms with van der Waals surface area (Å²) in [5, 5.41) is 7.67. The zero-order valence-electron chi connectivity index (χ0n) is 10.9. The lowest BCUT2D eigenvalue weighted by atomic mass is 10.1. The average Bonchev–Trinajstić information content (AvgIpc) is 2.99. The lowest BCUT2D eigenvalue weighted by Gasteiger charge is -2.46. The largest absolute Gasteiger partial charge is 0.338 e. The van der Waals surface area contributed by atoms with E-state index in [9.17, 15) is 0 Å². The van der Waals surface area contributed by atoms with Gasteiger partial charge in [-0.05, 0) is 0 Å². The first-order valence-electron chi connectivity index (χ1n) is 7.01. The Hall–Kier alpha value is -0.630. The van der Waals surface area contributed by atoms with Gasteiger partial charge in [0, 0.05) is 50.8 Å². The maximum absolute atomic E-state index is 5.48. The molecule has 4 aliphatic heterocycles. The van der Waals surface area contributed by atoms with Gasteiger partial charge in [-0.2, -0.15) is 16.7 Å². The van der Waals surface area contributed by atoms with Gasteiger partial charge in [0.2, 0.25) is 5.89 Å².